The largest absolute Gasteiger partial charge is 0.350 e. The molecule has 118 valence electrons. The second-order valence-electron chi connectivity index (χ2n) is 4.75. The second-order valence-corrected chi connectivity index (χ2v) is 6.75. The molecule has 2 aromatic heterocycles. The summed E-state index contributed by atoms with van der Waals surface area (Å²) in [5, 5.41) is 5.51. The van der Waals surface area contributed by atoms with Crippen LogP contribution in [0.4, 0.5) is 4.39 Å². The zero-order chi connectivity index (χ0) is 16.1. The molecule has 3 aromatic rings. The first kappa shape index (κ1) is 15.8. The molecule has 0 unspecified atom stereocenters. The topological polar surface area (TPSA) is 57.8 Å². The first-order valence-electron chi connectivity index (χ1n) is 6.93. The van der Waals surface area contributed by atoms with Gasteiger partial charge in [-0.25, -0.2) is 9.37 Å². The Morgan fingerprint density at radius 3 is 2.87 bits per heavy atom. The predicted octanol–water partition coefficient (Wildman–Crippen LogP) is 3.69. The van der Waals surface area contributed by atoms with Gasteiger partial charge in [-0.05, 0) is 41.3 Å². The number of hydrogen-bond acceptors (Lipinski definition) is 4. The number of halogens is 1. The number of thioether (sulfide) groups is 1. The number of benzene rings is 1. The summed E-state index contributed by atoms with van der Waals surface area (Å²) in [4.78, 5) is 20.3. The van der Waals surface area contributed by atoms with Gasteiger partial charge < -0.3 is 10.3 Å². The van der Waals surface area contributed by atoms with E-state index in [2.05, 4.69) is 15.3 Å². The summed E-state index contributed by atoms with van der Waals surface area (Å²) < 4.78 is 12.9. The predicted molar refractivity (Wildman–Crippen MR) is 90.9 cm³/mol. The molecule has 0 fully saturated rings. The third kappa shape index (κ3) is 4.43. The van der Waals surface area contributed by atoms with Crippen LogP contribution in [0.25, 0.3) is 11.3 Å². The van der Waals surface area contributed by atoms with E-state index in [4.69, 9.17) is 0 Å². The van der Waals surface area contributed by atoms with E-state index in [0.29, 0.717) is 17.5 Å². The first-order valence-corrected chi connectivity index (χ1v) is 8.80. The second kappa shape index (κ2) is 7.43. The maximum atomic E-state index is 12.9. The first-order chi connectivity index (χ1) is 11.2. The lowest BCUT2D eigenvalue weighted by Gasteiger charge is -2.02. The van der Waals surface area contributed by atoms with E-state index in [1.165, 1.54) is 23.9 Å². The smallest absolute Gasteiger partial charge is 0.230 e. The van der Waals surface area contributed by atoms with Crippen molar-refractivity contribution in [1.29, 1.82) is 0 Å². The molecule has 0 aliphatic heterocycles. The number of rotatable bonds is 6. The van der Waals surface area contributed by atoms with Crippen LogP contribution in [0.2, 0.25) is 0 Å². The minimum absolute atomic E-state index is 0.0388. The Bertz CT molecular complexity index is 769. The van der Waals surface area contributed by atoms with Crippen LogP contribution in [-0.4, -0.2) is 21.6 Å². The maximum absolute atomic E-state index is 12.9. The monoisotopic (exact) mass is 347 g/mol. The normalized spacial score (nSPS) is 10.7. The number of carbonyl (C=O) groups is 1. The highest BCUT2D eigenvalue weighted by Crippen LogP contribution is 2.21. The van der Waals surface area contributed by atoms with Crippen molar-refractivity contribution in [3.8, 4) is 11.3 Å². The molecule has 1 aromatic carbocycles. The summed E-state index contributed by atoms with van der Waals surface area (Å²) in [6, 6.07) is 10.1. The van der Waals surface area contributed by atoms with Crippen molar-refractivity contribution < 1.29 is 9.18 Å². The van der Waals surface area contributed by atoms with Crippen LogP contribution in [0, 0.1) is 5.82 Å². The van der Waals surface area contributed by atoms with Crippen molar-refractivity contribution in [3.05, 3.63) is 58.7 Å². The molecule has 2 N–H and O–H groups in total. The lowest BCUT2D eigenvalue weighted by Crippen LogP contribution is -2.24. The average molecular weight is 347 g/mol. The Kier molecular flexibility index (Phi) is 5.09. The van der Waals surface area contributed by atoms with Crippen LogP contribution in [-0.2, 0) is 11.3 Å². The fourth-order valence-electron chi connectivity index (χ4n) is 1.94. The number of carbonyl (C=O) groups excluding carboxylic acids is 1. The molecule has 0 aliphatic rings. The Hall–Kier alpha value is -2.12. The van der Waals surface area contributed by atoms with Gasteiger partial charge in [0.25, 0.3) is 0 Å². The summed E-state index contributed by atoms with van der Waals surface area (Å²) in [6.07, 6.45) is 1.68. The lowest BCUT2D eigenvalue weighted by molar-refractivity contribution is -0.118. The molecule has 7 heteroatoms. The summed E-state index contributed by atoms with van der Waals surface area (Å²) in [6.45, 7) is 0.552. The van der Waals surface area contributed by atoms with Gasteiger partial charge in [0.2, 0.25) is 5.91 Å². The van der Waals surface area contributed by atoms with Crippen molar-refractivity contribution in [2.24, 2.45) is 0 Å². The van der Waals surface area contributed by atoms with Crippen LogP contribution in [0.1, 0.15) is 4.88 Å². The van der Waals surface area contributed by atoms with Crippen molar-refractivity contribution in [3.63, 3.8) is 0 Å². The van der Waals surface area contributed by atoms with Gasteiger partial charge >= 0.3 is 0 Å². The van der Waals surface area contributed by atoms with E-state index in [-0.39, 0.29) is 11.7 Å². The van der Waals surface area contributed by atoms with E-state index in [1.807, 2.05) is 17.5 Å². The number of thiophene rings is 1. The molecule has 23 heavy (non-hydrogen) atoms. The zero-order valence-corrected chi connectivity index (χ0v) is 13.7. The summed E-state index contributed by atoms with van der Waals surface area (Å²) >= 11 is 2.95. The van der Waals surface area contributed by atoms with E-state index < -0.39 is 0 Å². The molecule has 0 spiro atoms. The van der Waals surface area contributed by atoms with E-state index in [9.17, 15) is 9.18 Å². The van der Waals surface area contributed by atoms with Gasteiger partial charge in [-0.2, -0.15) is 0 Å². The van der Waals surface area contributed by atoms with Gasteiger partial charge in [0, 0.05) is 4.88 Å². The molecule has 0 saturated heterocycles. The third-order valence-electron chi connectivity index (χ3n) is 3.09. The van der Waals surface area contributed by atoms with Gasteiger partial charge in [-0.15, -0.1) is 11.3 Å². The summed E-state index contributed by atoms with van der Waals surface area (Å²) in [5.41, 5.74) is 1.65. The molecular formula is C16H14FN3OS2. The molecule has 2 heterocycles. The Morgan fingerprint density at radius 1 is 1.30 bits per heavy atom. The van der Waals surface area contributed by atoms with E-state index >= 15 is 0 Å². The number of hydrogen-bond donors (Lipinski definition) is 2. The number of H-pyrrole nitrogens is 1. The number of aromatic nitrogens is 2. The number of nitrogens with zero attached hydrogens (tertiary/aromatic N) is 1. The number of aromatic amines is 1. The molecule has 0 bridgehead atoms. The molecule has 1 amide bonds. The highest BCUT2D eigenvalue weighted by Gasteiger charge is 2.07. The Labute approximate surface area is 141 Å². The van der Waals surface area contributed by atoms with Crippen molar-refractivity contribution >= 4 is 29.0 Å². The SMILES string of the molecule is O=C(CSc1ncc(-c2ccc(F)cc2)[nH]1)NCc1cccs1. The summed E-state index contributed by atoms with van der Waals surface area (Å²) in [5.74, 6) is -0.0183. The van der Waals surface area contributed by atoms with Crippen molar-refractivity contribution in [2.75, 3.05) is 5.75 Å². The van der Waals surface area contributed by atoms with Crippen molar-refractivity contribution in [2.45, 2.75) is 11.7 Å². The molecule has 0 radical (unpaired) electrons. The lowest BCUT2D eigenvalue weighted by atomic mass is 10.2. The van der Waals surface area contributed by atoms with Crippen LogP contribution in [0.15, 0.2) is 53.1 Å². The fraction of sp³-hybridized carbons (Fsp3) is 0.125. The highest BCUT2D eigenvalue weighted by molar-refractivity contribution is 7.99. The van der Waals surface area contributed by atoms with E-state index in [1.54, 1.807) is 29.7 Å². The van der Waals surface area contributed by atoms with Crippen LogP contribution >= 0.6 is 23.1 Å². The Balaban J connectivity index is 1.50. The molecular weight excluding hydrogens is 333 g/mol. The van der Waals surface area contributed by atoms with Crippen LogP contribution in [0.3, 0.4) is 0 Å². The standard InChI is InChI=1S/C16H14FN3OS2/c17-12-5-3-11(4-6-12)14-9-19-16(20-14)23-10-15(21)18-8-13-2-1-7-22-13/h1-7,9H,8,10H2,(H,18,21)(H,19,20). The molecule has 0 saturated carbocycles. The zero-order valence-electron chi connectivity index (χ0n) is 12.1. The minimum atomic E-state index is -0.273. The van der Waals surface area contributed by atoms with Crippen LogP contribution in [0.5, 0.6) is 0 Å². The number of imidazole rings is 1. The summed E-state index contributed by atoms with van der Waals surface area (Å²) in [7, 11) is 0. The molecule has 0 aliphatic carbocycles. The van der Waals surface area contributed by atoms with Gasteiger partial charge in [0.1, 0.15) is 5.82 Å². The van der Waals surface area contributed by atoms with Gasteiger partial charge in [-0.1, -0.05) is 17.8 Å². The average Bonchev–Trinajstić information content (AvgIpc) is 3.23. The number of nitrogens with one attached hydrogen (secondary N) is 2. The molecule has 0 atom stereocenters. The van der Waals surface area contributed by atoms with E-state index in [0.717, 1.165) is 16.1 Å². The van der Waals surface area contributed by atoms with Gasteiger partial charge in [0.05, 0.1) is 24.2 Å². The maximum Gasteiger partial charge on any atom is 0.230 e. The van der Waals surface area contributed by atoms with Crippen LogP contribution < -0.4 is 5.32 Å². The third-order valence-corrected chi connectivity index (χ3v) is 4.85. The van der Waals surface area contributed by atoms with Crippen molar-refractivity contribution in [1.82, 2.24) is 15.3 Å². The number of amides is 1. The molecule has 4 nitrogen and oxygen atoms in total. The fourth-order valence-corrected chi connectivity index (χ4v) is 3.26. The highest BCUT2D eigenvalue weighted by atomic mass is 32.2. The van der Waals surface area contributed by atoms with Gasteiger partial charge in [0.15, 0.2) is 5.16 Å². The molecule has 3 rings (SSSR count). The minimum Gasteiger partial charge on any atom is -0.350 e. The van der Waals surface area contributed by atoms with Gasteiger partial charge in [-0.3, -0.25) is 4.79 Å². The quantitative estimate of drug-likeness (QED) is 0.669. The Morgan fingerprint density at radius 2 is 2.13 bits per heavy atom.